The smallest absolute Gasteiger partial charge is 0.255 e. The summed E-state index contributed by atoms with van der Waals surface area (Å²) in [6.45, 7) is 0.712. The molecule has 128 valence electrons. The van der Waals surface area contributed by atoms with E-state index >= 15 is 0 Å². The average molecular weight is 354 g/mol. The molecule has 1 amide bonds. The van der Waals surface area contributed by atoms with Crippen molar-refractivity contribution >= 4 is 17.2 Å². The maximum absolute atomic E-state index is 12.6. The lowest BCUT2D eigenvalue weighted by molar-refractivity contribution is 0.0946. The van der Waals surface area contributed by atoms with Gasteiger partial charge in [-0.25, -0.2) is 4.98 Å². The van der Waals surface area contributed by atoms with Gasteiger partial charge < -0.3 is 14.8 Å². The second kappa shape index (κ2) is 8.30. The highest BCUT2D eigenvalue weighted by molar-refractivity contribution is 7.07. The molecule has 0 saturated carbocycles. The number of nitrogens with one attached hydrogen (secondary N) is 1. The molecule has 0 unspecified atom stereocenters. The first kappa shape index (κ1) is 17.0. The maximum Gasteiger partial charge on any atom is 0.255 e. The fourth-order valence-corrected chi connectivity index (χ4v) is 2.90. The predicted octanol–water partition coefficient (Wildman–Crippen LogP) is 3.66. The normalized spacial score (nSPS) is 10.3. The van der Waals surface area contributed by atoms with Crippen molar-refractivity contribution in [1.29, 1.82) is 0 Å². The first-order valence-corrected chi connectivity index (χ1v) is 8.71. The van der Waals surface area contributed by atoms with Crippen LogP contribution >= 0.6 is 11.3 Å². The molecule has 0 aliphatic rings. The molecule has 1 N–H and O–H groups in total. The van der Waals surface area contributed by atoms with Gasteiger partial charge in [-0.2, -0.15) is 0 Å². The number of hydrogen-bond acceptors (Lipinski definition) is 5. The van der Waals surface area contributed by atoms with Gasteiger partial charge in [0.1, 0.15) is 18.1 Å². The van der Waals surface area contributed by atoms with Crippen LogP contribution in [0.1, 0.15) is 21.6 Å². The van der Waals surface area contributed by atoms with Crippen molar-refractivity contribution < 1.29 is 14.3 Å². The van der Waals surface area contributed by atoms with E-state index in [1.54, 1.807) is 24.8 Å². The van der Waals surface area contributed by atoms with Crippen LogP contribution in [0.15, 0.2) is 59.4 Å². The van der Waals surface area contributed by atoms with Gasteiger partial charge >= 0.3 is 0 Å². The van der Waals surface area contributed by atoms with Crippen molar-refractivity contribution in [1.82, 2.24) is 10.3 Å². The number of thiazole rings is 1. The molecule has 0 spiro atoms. The van der Waals surface area contributed by atoms with E-state index in [0.29, 0.717) is 24.5 Å². The summed E-state index contributed by atoms with van der Waals surface area (Å²) >= 11 is 1.51. The van der Waals surface area contributed by atoms with E-state index in [0.717, 1.165) is 17.0 Å². The minimum Gasteiger partial charge on any atom is -0.496 e. The molecule has 0 bridgehead atoms. The van der Waals surface area contributed by atoms with Crippen LogP contribution < -0.4 is 14.8 Å². The highest BCUT2D eigenvalue weighted by Gasteiger charge is 2.13. The topological polar surface area (TPSA) is 60.5 Å². The lowest BCUT2D eigenvalue weighted by Gasteiger charge is -2.12. The molecular formula is C19H18N2O3S. The highest BCUT2D eigenvalue weighted by Crippen LogP contribution is 2.21. The third-order valence-electron chi connectivity index (χ3n) is 3.62. The van der Waals surface area contributed by atoms with Crippen molar-refractivity contribution in [2.24, 2.45) is 0 Å². The summed E-state index contributed by atoms with van der Waals surface area (Å²) < 4.78 is 11.1. The molecule has 0 atom stereocenters. The SMILES string of the molecule is COc1ccccc1CNC(=O)c1ccccc1OCc1cscn1. The summed E-state index contributed by atoms with van der Waals surface area (Å²) in [7, 11) is 1.61. The minimum absolute atomic E-state index is 0.195. The molecule has 0 radical (unpaired) electrons. The van der Waals surface area contributed by atoms with Gasteiger partial charge in [-0.3, -0.25) is 4.79 Å². The van der Waals surface area contributed by atoms with E-state index in [-0.39, 0.29) is 5.91 Å². The number of para-hydroxylation sites is 2. The molecule has 3 rings (SSSR count). The number of rotatable bonds is 7. The molecule has 1 heterocycles. The molecule has 5 nitrogen and oxygen atoms in total. The van der Waals surface area contributed by atoms with Crippen LogP contribution in [-0.4, -0.2) is 18.0 Å². The van der Waals surface area contributed by atoms with Gasteiger partial charge in [-0.15, -0.1) is 11.3 Å². The van der Waals surface area contributed by atoms with Gasteiger partial charge in [0, 0.05) is 17.5 Å². The minimum atomic E-state index is -0.195. The monoisotopic (exact) mass is 354 g/mol. The van der Waals surface area contributed by atoms with Crippen LogP contribution in [0.25, 0.3) is 0 Å². The molecule has 0 saturated heterocycles. The van der Waals surface area contributed by atoms with E-state index in [1.165, 1.54) is 11.3 Å². The molecule has 6 heteroatoms. The second-order valence-corrected chi connectivity index (χ2v) is 5.98. The highest BCUT2D eigenvalue weighted by atomic mass is 32.1. The fourth-order valence-electron chi connectivity index (χ4n) is 2.36. The van der Waals surface area contributed by atoms with Gasteiger partial charge in [0.05, 0.1) is 23.9 Å². The average Bonchev–Trinajstić information content (AvgIpc) is 3.18. The second-order valence-electron chi connectivity index (χ2n) is 5.26. The number of ether oxygens (including phenoxy) is 2. The Labute approximate surface area is 150 Å². The molecule has 3 aromatic rings. The molecule has 0 aliphatic carbocycles. The van der Waals surface area contributed by atoms with E-state index in [1.807, 2.05) is 41.8 Å². The zero-order valence-electron chi connectivity index (χ0n) is 13.8. The van der Waals surface area contributed by atoms with E-state index < -0.39 is 0 Å². The van der Waals surface area contributed by atoms with Crippen molar-refractivity contribution in [3.05, 3.63) is 76.2 Å². The largest absolute Gasteiger partial charge is 0.496 e. The molecule has 0 fully saturated rings. The van der Waals surface area contributed by atoms with Crippen LogP contribution in [0.4, 0.5) is 0 Å². The number of amides is 1. The number of carbonyl (C=O) groups excluding carboxylic acids is 1. The van der Waals surface area contributed by atoms with E-state index in [2.05, 4.69) is 10.3 Å². The molecule has 2 aromatic carbocycles. The lowest BCUT2D eigenvalue weighted by Crippen LogP contribution is -2.23. The number of carbonyl (C=O) groups is 1. The summed E-state index contributed by atoms with van der Waals surface area (Å²) in [6, 6.07) is 14.8. The number of methoxy groups -OCH3 is 1. The Bertz CT molecular complexity index is 834. The third-order valence-corrected chi connectivity index (χ3v) is 4.26. The van der Waals surface area contributed by atoms with Crippen LogP contribution in [0.5, 0.6) is 11.5 Å². The summed E-state index contributed by atoms with van der Waals surface area (Å²) in [6.07, 6.45) is 0. The zero-order chi connectivity index (χ0) is 17.5. The third kappa shape index (κ3) is 4.36. The van der Waals surface area contributed by atoms with Crippen LogP contribution in [0, 0.1) is 0 Å². The van der Waals surface area contributed by atoms with E-state index in [9.17, 15) is 4.79 Å². The van der Waals surface area contributed by atoms with Crippen molar-refractivity contribution in [3.63, 3.8) is 0 Å². The maximum atomic E-state index is 12.6. The summed E-state index contributed by atoms with van der Waals surface area (Å²) in [5.41, 5.74) is 4.01. The first-order chi connectivity index (χ1) is 12.3. The quantitative estimate of drug-likeness (QED) is 0.703. The van der Waals surface area contributed by atoms with E-state index in [4.69, 9.17) is 9.47 Å². The Balaban J connectivity index is 1.67. The molecule has 1 aromatic heterocycles. The standard InChI is InChI=1S/C19H18N2O3S/c1-23-17-8-4-2-6-14(17)10-20-19(22)16-7-3-5-9-18(16)24-11-15-12-25-13-21-15/h2-9,12-13H,10-11H2,1H3,(H,20,22). The predicted molar refractivity (Wildman–Crippen MR) is 97.1 cm³/mol. The molecule has 0 aliphatic heterocycles. The van der Waals surface area contributed by atoms with Gasteiger partial charge in [0.15, 0.2) is 0 Å². The Morgan fingerprint density at radius 2 is 1.88 bits per heavy atom. The number of benzene rings is 2. The Hall–Kier alpha value is -2.86. The molecular weight excluding hydrogens is 336 g/mol. The van der Waals surface area contributed by atoms with Crippen molar-refractivity contribution in [2.45, 2.75) is 13.2 Å². The number of aromatic nitrogens is 1. The Morgan fingerprint density at radius 1 is 1.12 bits per heavy atom. The summed E-state index contributed by atoms with van der Waals surface area (Å²) in [4.78, 5) is 16.7. The Kier molecular flexibility index (Phi) is 5.64. The zero-order valence-corrected chi connectivity index (χ0v) is 14.6. The van der Waals surface area contributed by atoms with Gasteiger partial charge in [0.2, 0.25) is 0 Å². The fraction of sp³-hybridized carbons (Fsp3) is 0.158. The summed E-state index contributed by atoms with van der Waals surface area (Å²) in [5.74, 6) is 1.09. The first-order valence-electron chi connectivity index (χ1n) is 7.77. The van der Waals surface area contributed by atoms with Gasteiger partial charge in [-0.05, 0) is 18.2 Å². The van der Waals surface area contributed by atoms with Crippen molar-refractivity contribution in [2.75, 3.05) is 7.11 Å². The number of hydrogen-bond donors (Lipinski definition) is 1. The Morgan fingerprint density at radius 3 is 2.64 bits per heavy atom. The lowest BCUT2D eigenvalue weighted by atomic mass is 10.1. The van der Waals surface area contributed by atoms with Crippen molar-refractivity contribution in [3.8, 4) is 11.5 Å². The van der Waals surface area contributed by atoms with Gasteiger partial charge in [-0.1, -0.05) is 30.3 Å². The van der Waals surface area contributed by atoms with Crippen LogP contribution in [0.2, 0.25) is 0 Å². The summed E-state index contributed by atoms with van der Waals surface area (Å²) in [5, 5.41) is 4.83. The van der Waals surface area contributed by atoms with Gasteiger partial charge in [0.25, 0.3) is 5.91 Å². The van der Waals surface area contributed by atoms with Crippen LogP contribution in [0.3, 0.4) is 0 Å². The molecule has 25 heavy (non-hydrogen) atoms. The van der Waals surface area contributed by atoms with Crippen LogP contribution in [-0.2, 0) is 13.2 Å². The number of nitrogens with zero attached hydrogens (tertiary/aromatic N) is 1.